The van der Waals surface area contributed by atoms with Gasteiger partial charge in [-0.2, -0.15) is 0 Å². The summed E-state index contributed by atoms with van der Waals surface area (Å²) < 4.78 is 5.76. The normalized spacial score (nSPS) is 15.4. The lowest BCUT2D eigenvalue weighted by Gasteiger charge is -2.35. The second-order valence-electron chi connectivity index (χ2n) is 6.79. The van der Waals surface area contributed by atoms with Crippen LogP contribution in [0.2, 0.25) is 0 Å². The van der Waals surface area contributed by atoms with Gasteiger partial charge < -0.3 is 25.2 Å². The van der Waals surface area contributed by atoms with E-state index in [9.17, 15) is 14.4 Å². The van der Waals surface area contributed by atoms with Crippen LogP contribution >= 0.6 is 0 Å². The summed E-state index contributed by atoms with van der Waals surface area (Å²) in [6.07, 6.45) is 1.05. The number of benzene rings is 1. The SMILES string of the molecule is CCCNC(=O)CNC(=O)C[C@H]1COc2ccc(C(=O)N(C)C)cc2N1C. The molecule has 3 amide bonds. The molecule has 0 spiro atoms. The van der Waals surface area contributed by atoms with Crippen molar-refractivity contribution in [3.05, 3.63) is 23.8 Å². The second-order valence-corrected chi connectivity index (χ2v) is 6.79. The van der Waals surface area contributed by atoms with E-state index in [1.165, 1.54) is 4.90 Å². The van der Waals surface area contributed by atoms with Gasteiger partial charge in [0.15, 0.2) is 0 Å². The van der Waals surface area contributed by atoms with Crippen molar-refractivity contribution in [1.82, 2.24) is 15.5 Å². The summed E-state index contributed by atoms with van der Waals surface area (Å²) in [6, 6.07) is 5.11. The summed E-state index contributed by atoms with van der Waals surface area (Å²) >= 11 is 0. The third kappa shape index (κ3) is 5.35. The Kier molecular flexibility index (Phi) is 7.04. The zero-order valence-corrected chi connectivity index (χ0v) is 16.4. The van der Waals surface area contributed by atoms with Crippen LogP contribution in [0.4, 0.5) is 5.69 Å². The molecule has 0 aromatic heterocycles. The number of carbonyl (C=O) groups is 3. The first-order valence-electron chi connectivity index (χ1n) is 9.08. The largest absolute Gasteiger partial charge is 0.489 e. The molecule has 1 atom stereocenters. The summed E-state index contributed by atoms with van der Waals surface area (Å²) in [6.45, 7) is 2.89. The van der Waals surface area contributed by atoms with Crippen LogP contribution in [0.25, 0.3) is 0 Å². The number of amides is 3. The average Bonchev–Trinajstić information content (AvgIpc) is 2.66. The molecular formula is C19H28N4O4. The molecule has 1 aromatic carbocycles. The van der Waals surface area contributed by atoms with Crippen LogP contribution in [0.15, 0.2) is 18.2 Å². The van der Waals surface area contributed by atoms with Gasteiger partial charge in [-0.25, -0.2) is 0 Å². The Hall–Kier alpha value is -2.77. The Morgan fingerprint density at radius 2 is 1.96 bits per heavy atom. The zero-order chi connectivity index (χ0) is 20.0. The van der Waals surface area contributed by atoms with Crippen LogP contribution in [0.1, 0.15) is 30.1 Å². The maximum atomic E-state index is 12.2. The molecule has 1 heterocycles. The monoisotopic (exact) mass is 376 g/mol. The number of ether oxygens (including phenoxy) is 1. The van der Waals surface area contributed by atoms with Crippen LogP contribution in [0.3, 0.4) is 0 Å². The molecule has 0 aliphatic carbocycles. The van der Waals surface area contributed by atoms with Crippen molar-refractivity contribution in [3.8, 4) is 5.75 Å². The van der Waals surface area contributed by atoms with E-state index in [-0.39, 0.29) is 36.7 Å². The minimum Gasteiger partial charge on any atom is -0.489 e. The van der Waals surface area contributed by atoms with Crippen molar-refractivity contribution in [1.29, 1.82) is 0 Å². The molecule has 2 N–H and O–H groups in total. The summed E-state index contributed by atoms with van der Waals surface area (Å²) in [4.78, 5) is 39.4. The number of anilines is 1. The number of hydrogen-bond donors (Lipinski definition) is 2. The van der Waals surface area contributed by atoms with Crippen LogP contribution in [0, 0.1) is 0 Å². The van der Waals surface area contributed by atoms with E-state index < -0.39 is 0 Å². The lowest BCUT2D eigenvalue weighted by atomic mass is 10.1. The number of hydrogen-bond acceptors (Lipinski definition) is 5. The Morgan fingerprint density at radius 3 is 2.63 bits per heavy atom. The van der Waals surface area contributed by atoms with Crippen molar-refractivity contribution in [2.45, 2.75) is 25.8 Å². The molecule has 2 rings (SSSR count). The van der Waals surface area contributed by atoms with Crippen molar-refractivity contribution in [2.75, 3.05) is 45.7 Å². The van der Waals surface area contributed by atoms with Gasteiger partial charge in [0.05, 0.1) is 24.7 Å². The zero-order valence-electron chi connectivity index (χ0n) is 16.4. The standard InChI is InChI=1S/C19H28N4O4/c1-5-8-20-18(25)11-21-17(24)10-14-12-27-16-7-6-13(19(26)22(2)3)9-15(16)23(14)4/h6-7,9,14H,5,8,10-12H2,1-4H3,(H,20,25)(H,21,24)/t14-/m0/s1. The molecule has 0 saturated carbocycles. The molecule has 148 valence electrons. The predicted octanol–water partition coefficient (Wildman–Crippen LogP) is 0.618. The Bertz CT molecular complexity index is 705. The quantitative estimate of drug-likeness (QED) is 0.728. The topological polar surface area (TPSA) is 91.0 Å². The fraction of sp³-hybridized carbons (Fsp3) is 0.526. The minimum atomic E-state index is -0.217. The molecule has 1 aliphatic heterocycles. The molecule has 0 radical (unpaired) electrons. The molecule has 0 unspecified atom stereocenters. The molecule has 8 heteroatoms. The smallest absolute Gasteiger partial charge is 0.253 e. The van der Waals surface area contributed by atoms with Crippen molar-refractivity contribution >= 4 is 23.4 Å². The fourth-order valence-corrected chi connectivity index (χ4v) is 2.79. The highest BCUT2D eigenvalue weighted by molar-refractivity contribution is 5.95. The lowest BCUT2D eigenvalue weighted by molar-refractivity contribution is -0.126. The Labute approximate surface area is 159 Å². The molecule has 1 aliphatic rings. The second kappa shape index (κ2) is 9.25. The van der Waals surface area contributed by atoms with E-state index >= 15 is 0 Å². The number of fused-ring (bicyclic) bond motifs is 1. The van der Waals surface area contributed by atoms with E-state index in [2.05, 4.69) is 10.6 Å². The molecule has 27 heavy (non-hydrogen) atoms. The summed E-state index contributed by atoms with van der Waals surface area (Å²) in [5.74, 6) is 0.175. The van der Waals surface area contributed by atoms with Crippen LogP contribution < -0.4 is 20.3 Å². The van der Waals surface area contributed by atoms with Gasteiger partial charge >= 0.3 is 0 Å². The van der Waals surface area contributed by atoms with Gasteiger partial charge in [-0.3, -0.25) is 14.4 Å². The van der Waals surface area contributed by atoms with Gasteiger partial charge in [-0.05, 0) is 24.6 Å². The van der Waals surface area contributed by atoms with E-state index in [0.717, 1.165) is 12.1 Å². The fourth-order valence-electron chi connectivity index (χ4n) is 2.79. The molecular weight excluding hydrogens is 348 g/mol. The molecule has 1 aromatic rings. The highest BCUT2D eigenvalue weighted by Gasteiger charge is 2.28. The van der Waals surface area contributed by atoms with Gasteiger partial charge in [0, 0.05) is 33.3 Å². The van der Waals surface area contributed by atoms with E-state index in [1.807, 2.05) is 18.9 Å². The maximum Gasteiger partial charge on any atom is 0.253 e. The predicted molar refractivity (Wildman–Crippen MR) is 103 cm³/mol. The third-order valence-electron chi connectivity index (χ3n) is 4.41. The summed E-state index contributed by atoms with van der Waals surface area (Å²) in [5.41, 5.74) is 1.33. The molecule has 0 fully saturated rings. The van der Waals surface area contributed by atoms with Crippen molar-refractivity contribution in [3.63, 3.8) is 0 Å². The van der Waals surface area contributed by atoms with E-state index in [1.54, 1.807) is 32.3 Å². The maximum absolute atomic E-state index is 12.2. The number of nitrogens with one attached hydrogen (secondary N) is 2. The lowest BCUT2D eigenvalue weighted by Crippen LogP contribution is -2.45. The van der Waals surface area contributed by atoms with Gasteiger partial charge in [-0.1, -0.05) is 6.92 Å². The third-order valence-corrected chi connectivity index (χ3v) is 4.41. The Balaban J connectivity index is 1.98. The van der Waals surface area contributed by atoms with E-state index in [0.29, 0.717) is 24.5 Å². The summed E-state index contributed by atoms with van der Waals surface area (Å²) in [5, 5.41) is 5.35. The van der Waals surface area contributed by atoms with Gasteiger partial charge in [0.2, 0.25) is 11.8 Å². The number of likely N-dealkylation sites (N-methyl/N-ethyl adjacent to an activating group) is 1. The van der Waals surface area contributed by atoms with Crippen molar-refractivity contribution in [2.24, 2.45) is 0 Å². The van der Waals surface area contributed by atoms with Crippen LogP contribution in [-0.4, -0.2) is 69.5 Å². The molecule has 0 saturated heterocycles. The van der Waals surface area contributed by atoms with Gasteiger partial charge in [0.25, 0.3) is 5.91 Å². The van der Waals surface area contributed by atoms with Gasteiger partial charge in [-0.15, -0.1) is 0 Å². The minimum absolute atomic E-state index is 0.0335. The average molecular weight is 376 g/mol. The van der Waals surface area contributed by atoms with Gasteiger partial charge in [0.1, 0.15) is 12.4 Å². The number of carbonyl (C=O) groups excluding carboxylic acids is 3. The Morgan fingerprint density at radius 1 is 1.22 bits per heavy atom. The number of rotatable bonds is 7. The first kappa shape index (κ1) is 20.5. The first-order valence-corrected chi connectivity index (χ1v) is 9.08. The molecule has 8 nitrogen and oxygen atoms in total. The highest BCUT2D eigenvalue weighted by Crippen LogP contribution is 2.34. The van der Waals surface area contributed by atoms with Crippen LogP contribution in [0.5, 0.6) is 5.75 Å². The van der Waals surface area contributed by atoms with Crippen LogP contribution in [-0.2, 0) is 9.59 Å². The first-order chi connectivity index (χ1) is 12.8. The molecule has 0 bridgehead atoms. The van der Waals surface area contributed by atoms with Crippen molar-refractivity contribution < 1.29 is 19.1 Å². The number of nitrogens with zero attached hydrogens (tertiary/aromatic N) is 2. The highest BCUT2D eigenvalue weighted by atomic mass is 16.5. The van der Waals surface area contributed by atoms with E-state index in [4.69, 9.17) is 4.74 Å². The summed E-state index contributed by atoms with van der Waals surface area (Å²) in [7, 11) is 5.27.